The summed E-state index contributed by atoms with van der Waals surface area (Å²) < 4.78 is 27.7. The average Bonchev–Trinajstić information content (AvgIpc) is 3.16. The molecule has 32 heavy (non-hydrogen) atoms. The lowest BCUT2D eigenvalue weighted by molar-refractivity contribution is 0.103. The number of aromatic nitrogens is 2. The number of amides is 1. The Morgan fingerprint density at radius 1 is 1.09 bits per heavy atom. The molecule has 1 N–H and O–H groups in total. The van der Waals surface area contributed by atoms with Gasteiger partial charge in [-0.2, -0.15) is 4.31 Å². The van der Waals surface area contributed by atoms with Crippen LogP contribution in [-0.2, 0) is 10.0 Å². The van der Waals surface area contributed by atoms with Crippen molar-refractivity contribution in [1.29, 1.82) is 0 Å². The van der Waals surface area contributed by atoms with E-state index >= 15 is 0 Å². The maximum absolute atomic E-state index is 13.0. The van der Waals surface area contributed by atoms with Gasteiger partial charge in [-0.1, -0.05) is 19.9 Å². The molecule has 2 atom stereocenters. The SMILES string of the molecule is Cc1nc(-c2ccccn2)sc1C(=O)Nc1ccc(S(=O)(=O)N2CC(C)CC(C)C2)cc1. The van der Waals surface area contributed by atoms with Gasteiger partial charge in [0.25, 0.3) is 5.91 Å². The number of nitrogens with one attached hydrogen (secondary N) is 1. The molecule has 1 aliphatic rings. The van der Waals surface area contributed by atoms with Crippen LogP contribution in [0.1, 0.15) is 35.6 Å². The summed E-state index contributed by atoms with van der Waals surface area (Å²) in [5.74, 6) is 0.396. The van der Waals surface area contributed by atoms with Crippen LogP contribution in [-0.4, -0.2) is 41.7 Å². The topological polar surface area (TPSA) is 92.3 Å². The Hall–Kier alpha value is -2.62. The maximum Gasteiger partial charge on any atom is 0.267 e. The number of anilines is 1. The van der Waals surface area contributed by atoms with Crippen molar-refractivity contribution in [1.82, 2.24) is 14.3 Å². The van der Waals surface area contributed by atoms with Crippen molar-refractivity contribution in [2.24, 2.45) is 11.8 Å². The van der Waals surface area contributed by atoms with Crippen LogP contribution in [0.15, 0.2) is 53.6 Å². The summed E-state index contributed by atoms with van der Waals surface area (Å²) in [4.78, 5) is 22.3. The largest absolute Gasteiger partial charge is 0.321 e. The molecule has 3 heterocycles. The van der Waals surface area contributed by atoms with Gasteiger partial charge in [0, 0.05) is 25.0 Å². The second-order valence-electron chi connectivity index (χ2n) is 8.40. The molecule has 0 aliphatic carbocycles. The van der Waals surface area contributed by atoms with Crippen molar-refractivity contribution in [2.75, 3.05) is 18.4 Å². The smallest absolute Gasteiger partial charge is 0.267 e. The number of hydrogen-bond donors (Lipinski definition) is 1. The molecular weight excluding hydrogens is 444 g/mol. The Labute approximate surface area is 192 Å². The first-order chi connectivity index (χ1) is 15.2. The summed E-state index contributed by atoms with van der Waals surface area (Å²) >= 11 is 1.28. The Morgan fingerprint density at radius 3 is 2.41 bits per heavy atom. The average molecular weight is 471 g/mol. The molecule has 7 nitrogen and oxygen atoms in total. The molecule has 3 aromatic rings. The highest BCUT2D eigenvalue weighted by Crippen LogP contribution is 2.29. The highest BCUT2D eigenvalue weighted by molar-refractivity contribution is 7.89. The van der Waals surface area contributed by atoms with Crippen molar-refractivity contribution in [3.05, 3.63) is 59.2 Å². The normalized spacial score (nSPS) is 19.6. The fraction of sp³-hybridized carbons (Fsp3) is 0.348. The zero-order chi connectivity index (χ0) is 22.9. The van der Waals surface area contributed by atoms with Gasteiger partial charge in [0.1, 0.15) is 9.88 Å². The number of piperidine rings is 1. The van der Waals surface area contributed by atoms with Gasteiger partial charge in [0.15, 0.2) is 0 Å². The van der Waals surface area contributed by atoms with Crippen molar-refractivity contribution < 1.29 is 13.2 Å². The van der Waals surface area contributed by atoms with E-state index in [-0.39, 0.29) is 10.8 Å². The molecule has 0 radical (unpaired) electrons. The van der Waals surface area contributed by atoms with E-state index in [2.05, 4.69) is 29.1 Å². The fourth-order valence-corrected chi connectivity index (χ4v) is 6.67. The summed E-state index contributed by atoms with van der Waals surface area (Å²) in [5.41, 5.74) is 1.87. The van der Waals surface area contributed by atoms with Crippen LogP contribution in [0.5, 0.6) is 0 Å². The third kappa shape index (κ3) is 4.74. The minimum Gasteiger partial charge on any atom is -0.321 e. The number of hydrogen-bond acceptors (Lipinski definition) is 6. The lowest BCUT2D eigenvalue weighted by Gasteiger charge is -2.34. The van der Waals surface area contributed by atoms with Crippen molar-refractivity contribution >= 4 is 33.0 Å². The summed E-state index contributed by atoms with van der Waals surface area (Å²) in [7, 11) is -3.55. The van der Waals surface area contributed by atoms with Crippen LogP contribution in [0.25, 0.3) is 10.7 Å². The quantitative estimate of drug-likeness (QED) is 0.595. The fourth-order valence-electron chi connectivity index (χ4n) is 4.06. The van der Waals surface area contributed by atoms with Crippen LogP contribution in [0.4, 0.5) is 5.69 Å². The van der Waals surface area contributed by atoms with Gasteiger partial charge in [0.05, 0.1) is 16.3 Å². The minimum atomic E-state index is -3.55. The standard InChI is InChI=1S/C23H26N4O3S2/c1-15-12-16(2)14-27(13-15)32(29,30)19-9-7-18(8-10-19)26-22(28)21-17(3)25-23(31-21)20-6-4-5-11-24-20/h4-11,15-16H,12-14H2,1-3H3,(H,26,28). The molecule has 168 valence electrons. The molecule has 9 heteroatoms. The van der Waals surface area contributed by atoms with Crippen molar-refractivity contribution in [2.45, 2.75) is 32.1 Å². The van der Waals surface area contributed by atoms with Gasteiger partial charge in [-0.05, 0) is 61.6 Å². The molecule has 1 aliphatic heterocycles. The highest BCUT2D eigenvalue weighted by Gasteiger charge is 2.31. The number of benzene rings is 1. The number of nitrogens with zero attached hydrogens (tertiary/aromatic N) is 3. The zero-order valence-corrected chi connectivity index (χ0v) is 19.9. The molecule has 0 bridgehead atoms. The molecule has 1 saturated heterocycles. The third-order valence-corrected chi connectivity index (χ3v) is 8.50. The predicted octanol–water partition coefficient (Wildman–Crippen LogP) is 4.43. The molecule has 2 unspecified atom stereocenters. The van der Waals surface area contributed by atoms with Gasteiger partial charge < -0.3 is 5.32 Å². The summed E-state index contributed by atoms with van der Waals surface area (Å²) in [5, 5.41) is 3.52. The van der Waals surface area contributed by atoms with E-state index in [9.17, 15) is 13.2 Å². The number of carbonyl (C=O) groups is 1. The van der Waals surface area contributed by atoms with E-state index in [4.69, 9.17) is 0 Å². The lowest BCUT2D eigenvalue weighted by atomic mass is 9.94. The van der Waals surface area contributed by atoms with E-state index in [1.54, 1.807) is 41.7 Å². The van der Waals surface area contributed by atoms with E-state index in [0.29, 0.717) is 46.2 Å². The number of aryl methyl sites for hydroxylation is 1. The summed E-state index contributed by atoms with van der Waals surface area (Å²) in [6.45, 7) is 7.02. The second-order valence-corrected chi connectivity index (χ2v) is 11.3. The predicted molar refractivity (Wildman–Crippen MR) is 126 cm³/mol. The number of carbonyl (C=O) groups excluding carboxylic acids is 1. The van der Waals surface area contributed by atoms with Crippen molar-refractivity contribution in [3.8, 4) is 10.7 Å². The van der Waals surface area contributed by atoms with Gasteiger partial charge in [-0.15, -0.1) is 11.3 Å². The van der Waals surface area contributed by atoms with Gasteiger partial charge in [-0.25, -0.2) is 13.4 Å². The van der Waals surface area contributed by atoms with Crippen LogP contribution in [0, 0.1) is 18.8 Å². The molecule has 1 fully saturated rings. The second kappa shape index (κ2) is 9.09. The van der Waals surface area contributed by atoms with E-state index in [0.717, 1.165) is 12.1 Å². The highest BCUT2D eigenvalue weighted by atomic mass is 32.2. The monoisotopic (exact) mass is 470 g/mol. The van der Waals surface area contributed by atoms with E-state index in [1.807, 2.05) is 18.2 Å². The Bertz CT molecular complexity index is 1200. The Morgan fingerprint density at radius 2 is 1.78 bits per heavy atom. The van der Waals surface area contributed by atoms with Gasteiger partial charge >= 0.3 is 0 Å². The molecule has 0 saturated carbocycles. The molecule has 0 spiro atoms. The summed E-state index contributed by atoms with van der Waals surface area (Å²) in [6.07, 6.45) is 2.72. The number of sulfonamides is 1. The van der Waals surface area contributed by atoms with Gasteiger partial charge in [0.2, 0.25) is 10.0 Å². The van der Waals surface area contributed by atoms with Crippen molar-refractivity contribution in [3.63, 3.8) is 0 Å². The van der Waals surface area contributed by atoms with Gasteiger partial charge in [-0.3, -0.25) is 9.78 Å². The van der Waals surface area contributed by atoms with Crippen LogP contribution in [0.3, 0.4) is 0 Å². The number of pyridine rings is 1. The van der Waals surface area contributed by atoms with Crippen LogP contribution >= 0.6 is 11.3 Å². The first kappa shape index (κ1) is 22.6. The molecule has 1 amide bonds. The first-order valence-corrected chi connectivity index (χ1v) is 12.8. The van der Waals surface area contributed by atoms with E-state index < -0.39 is 10.0 Å². The van der Waals surface area contributed by atoms with Crippen LogP contribution in [0.2, 0.25) is 0 Å². The summed E-state index contributed by atoms with van der Waals surface area (Å²) in [6, 6.07) is 11.9. The molecule has 1 aromatic carbocycles. The maximum atomic E-state index is 13.0. The molecule has 4 rings (SSSR count). The Balaban J connectivity index is 1.48. The zero-order valence-electron chi connectivity index (χ0n) is 18.3. The van der Waals surface area contributed by atoms with E-state index in [1.165, 1.54) is 11.3 Å². The number of thiazole rings is 1. The van der Waals surface area contributed by atoms with Crippen LogP contribution < -0.4 is 5.32 Å². The minimum absolute atomic E-state index is 0.239. The Kier molecular flexibility index (Phi) is 6.41. The first-order valence-electron chi connectivity index (χ1n) is 10.5. The molecule has 2 aromatic heterocycles. The molecular formula is C23H26N4O3S2. The number of rotatable bonds is 5. The lowest BCUT2D eigenvalue weighted by Crippen LogP contribution is -2.42. The third-order valence-electron chi connectivity index (χ3n) is 5.47.